The number of anilines is 1. The number of ketones is 1. The summed E-state index contributed by atoms with van der Waals surface area (Å²) in [4.78, 5) is 24.6. The molecule has 5 heteroatoms. The first-order chi connectivity index (χ1) is 11.4. The van der Waals surface area contributed by atoms with Gasteiger partial charge in [-0.25, -0.2) is 0 Å². The molecule has 2 aromatic rings. The van der Waals surface area contributed by atoms with Crippen LogP contribution in [0.25, 0.3) is 0 Å². The van der Waals surface area contributed by atoms with Gasteiger partial charge in [0.15, 0.2) is 5.78 Å². The number of benzene rings is 2. The zero-order valence-corrected chi connectivity index (χ0v) is 14.4. The topological polar surface area (TPSA) is 66.4 Å². The summed E-state index contributed by atoms with van der Waals surface area (Å²) in [7, 11) is 0. The number of aryl methyl sites for hydroxylation is 1. The first-order valence-electron chi connectivity index (χ1n) is 7.70. The van der Waals surface area contributed by atoms with Gasteiger partial charge < -0.3 is 10.4 Å². The Morgan fingerprint density at radius 2 is 1.83 bits per heavy atom. The second-order valence-corrected chi connectivity index (χ2v) is 6.27. The Bertz CT molecular complexity index is 741. The smallest absolute Gasteiger partial charge is 0.225 e. The Labute approximate surface area is 146 Å². The second-order valence-electron chi connectivity index (χ2n) is 5.83. The number of hydrogen-bond donors (Lipinski definition) is 2. The van der Waals surface area contributed by atoms with Gasteiger partial charge in [-0.05, 0) is 48.4 Å². The van der Waals surface area contributed by atoms with Crippen LogP contribution in [0.4, 0.5) is 5.69 Å². The van der Waals surface area contributed by atoms with Gasteiger partial charge in [-0.2, -0.15) is 0 Å². The zero-order chi connectivity index (χ0) is 17.7. The van der Waals surface area contributed by atoms with Crippen LogP contribution in [0.15, 0.2) is 42.5 Å². The van der Waals surface area contributed by atoms with Crippen LogP contribution >= 0.6 is 11.6 Å². The predicted molar refractivity (Wildman–Crippen MR) is 95.3 cm³/mol. The average molecular weight is 346 g/mol. The molecule has 0 bridgehead atoms. The van der Waals surface area contributed by atoms with Gasteiger partial charge in [0.25, 0.3) is 0 Å². The minimum atomic E-state index is -0.437. The van der Waals surface area contributed by atoms with Gasteiger partial charge in [0.05, 0.1) is 6.61 Å². The molecule has 2 aromatic carbocycles. The Morgan fingerprint density at radius 3 is 2.46 bits per heavy atom. The second kappa shape index (κ2) is 8.08. The summed E-state index contributed by atoms with van der Waals surface area (Å²) in [6.45, 7) is 3.52. The lowest BCUT2D eigenvalue weighted by atomic mass is 9.96. The Balaban J connectivity index is 2.01. The molecule has 1 unspecified atom stereocenters. The number of carbonyl (C=O) groups excluding carboxylic acids is 2. The monoisotopic (exact) mass is 345 g/mol. The Morgan fingerprint density at radius 1 is 1.17 bits per heavy atom. The number of Topliss-reactive ketones (excluding diaryl/α,β-unsaturated/α-hetero) is 1. The lowest BCUT2D eigenvalue weighted by Crippen LogP contribution is -2.21. The molecule has 24 heavy (non-hydrogen) atoms. The summed E-state index contributed by atoms with van der Waals surface area (Å²) in [6, 6.07) is 12.0. The third-order valence-electron chi connectivity index (χ3n) is 3.83. The lowest BCUT2D eigenvalue weighted by Gasteiger charge is -2.13. The Kier molecular flexibility index (Phi) is 6.12. The van der Waals surface area contributed by atoms with Crippen LogP contribution in [0.3, 0.4) is 0 Å². The van der Waals surface area contributed by atoms with Gasteiger partial charge in [0.1, 0.15) is 0 Å². The molecule has 1 atom stereocenters. The van der Waals surface area contributed by atoms with E-state index in [1.54, 1.807) is 43.3 Å². The molecule has 2 rings (SSSR count). The summed E-state index contributed by atoms with van der Waals surface area (Å²) in [5.41, 5.74) is 2.81. The summed E-state index contributed by atoms with van der Waals surface area (Å²) in [5, 5.41) is 12.6. The SMILES string of the molecule is Cc1ccc(CO)cc1NC(=O)CC(C)C(=O)c1ccc(Cl)cc1. The van der Waals surface area contributed by atoms with E-state index in [9.17, 15) is 14.7 Å². The molecule has 0 aromatic heterocycles. The summed E-state index contributed by atoms with van der Waals surface area (Å²) < 4.78 is 0. The number of carbonyl (C=O) groups is 2. The molecule has 0 fully saturated rings. The van der Waals surface area contributed by atoms with E-state index < -0.39 is 5.92 Å². The highest BCUT2D eigenvalue weighted by Crippen LogP contribution is 2.19. The highest BCUT2D eigenvalue weighted by atomic mass is 35.5. The summed E-state index contributed by atoms with van der Waals surface area (Å²) >= 11 is 5.82. The van der Waals surface area contributed by atoms with E-state index in [-0.39, 0.29) is 24.7 Å². The highest BCUT2D eigenvalue weighted by molar-refractivity contribution is 6.30. The minimum Gasteiger partial charge on any atom is -0.392 e. The Hall–Kier alpha value is -2.17. The van der Waals surface area contributed by atoms with Crippen molar-refractivity contribution in [2.45, 2.75) is 26.9 Å². The predicted octanol–water partition coefficient (Wildman–Crippen LogP) is 3.99. The van der Waals surface area contributed by atoms with Crippen LogP contribution in [0.1, 0.15) is 34.8 Å². The van der Waals surface area contributed by atoms with E-state index in [4.69, 9.17) is 11.6 Å². The number of aliphatic hydroxyl groups is 1. The third-order valence-corrected chi connectivity index (χ3v) is 4.08. The zero-order valence-electron chi connectivity index (χ0n) is 13.7. The van der Waals surface area contributed by atoms with Crippen molar-refractivity contribution >= 4 is 29.0 Å². The van der Waals surface area contributed by atoms with Crippen LogP contribution in [0.2, 0.25) is 5.02 Å². The molecule has 4 nitrogen and oxygen atoms in total. The first kappa shape index (κ1) is 18.2. The number of nitrogens with one attached hydrogen (secondary N) is 1. The van der Waals surface area contributed by atoms with Crippen LogP contribution in [-0.4, -0.2) is 16.8 Å². The van der Waals surface area contributed by atoms with Crippen molar-refractivity contribution in [2.75, 3.05) is 5.32 Å². The van der Waals surface area contributed by atoms with Crippen molar-refractivity contribution in [1.29, 1.82) is 0 Å². The van der Waals surface area contributed by atoms with Gasteiger partial charge >= 0.3 is 0 Å². The fourth-order valence-electron chi connectivity index (χ4n) is 2.37. The van der Waals surface area contributed by atoms with Crippen LogP contribution < -0.4 is 5.32 Å². The molecule has 126 valence electrons. The average Bonchev–Trinajstić information content (AvgIpc) is 2.56. The molecular formula is C19H20ClNO3. The molecule has 0 aliphatic carbocycles. The fraction of sp³-hybridized carbons (Fsp3) is 0.263. The van der Waals surface area contributed by atoms with Crippen molar-refractivity contribution < 1.29 is 14.7 Å². The van der Waals surface area contributed by atoms with Gasteiger partial charge in [0.2, 0.25) is 5.91 Å². The number of hydrogen-bond acceptors (Lipinski definition) is 3. The first-order valence-corrected chi connectivity index (χ1v) is 8.08. The summed E-state index contributed by atoms with van der Waals surface area (Å²) in [6.07, 6.45) is 0.0876. The standard InChI is InChI=1S/C19H20ClNO3/c1-12-3-4-14(11-22)10-17(12)21-18(23)9-13(2)19(24)15-5-7-16(20)8-6-15/h3-8,10,13,22H,9,11H2,1-2H3,(H,21,23). The van der Waals surface area contributed by atoms with Crippen molar-refractivity contribution in [3.05, 3.63) is 64.2 Å². The molecule has 0 saturated carbocycles. The van der Waals surface area contributed by atoms with Crippen molar-refractivity contribution in [1.82, 2.24) is 0 Å². The molecule has 2 N–H and O–H groups in total. The maximum atomic E-state index is 12.4. The number of aliphatic hydroxyl groups excluding tert-OH is 1. The minimum absolute atomic E-state index is 0.0876. The van der Waals surface area contributed by atoms with Gasteiger partial charge in [0, 0.05) is 28.6 Å². The molecule has 0 spiro atoms. The van der Waals surface area contributed by atoms with Crippen molar-refractivity contribution in [3.8, 4) is 0 Å². The maximum absolute atomic E-state index is 12.4. The van der Waals surface area contributed by atoms with Gasteiger partial charge in [-0.3, -0.25) is 9.59 Å². The van der Waals surface area contributed by atoms with E-state index in [2.05, 4.69) is 5.32 Å². The highest BCUT2D eigenvalue weighted by Gasteiger charge is 2.19. The molecular weight excluding hydrogens is 326 g/mol. The largest absolute Gasteiger partial charge is 0.392 e. The van der Waals surface area contributed by atoms with E-state index in [0.29, 0.717) is 16.3 Å². The van der Waals surface area contributed by atoms with Crippen molar-refractivity contribution in [3.63, 3.8) is 0 Å². The fourth-order valence-corrected chi connectivity index (χ4v) is 2.50. The molecule has 1 amide bonds. The van der Waals surface area contributed by atoms with Crippen LogP contribution in [0.5, 0.6) is 0 Å². The molecule has 0 radical (unpaired) electrons. The van der Waals surface area contributed by atoms with Gasteiger partial charge in [-0.15, -0.1) is 0 Å². The number of amides is 1. The van der Waals surface area contributed by atoms with E-state index >= 15 is 0 Å². The molecule has 0 aliphatic heterocycles. The molecule has 0 aliphatic rings. The van der Waals surface area contributed by atoms with Gasteiger partial charge in [-0.1, -0.05) is 30.7 Å². The van der Waals surface area contributed by atoms with Crippen LogP contribution in [0, 0.1) is 12.8 Å². The molecule has 0 saturated heterocycles. The van der Waals surface area contributed by atoms with E-state index in [1.807, 2.05) is 13.0 Å². The van der Waals surface area contributed by atoms with E-state index in [0.717, 1.165) is 11.1 Å². The maximum Gasteiger partial charge on any atom is 0.225 e. The lowest BCUT2D eigenvalue weighted by molar-refractivity contribution is -0.116. The number of rotatable bonds is 6. The normalized spacial score (nSPS) is 11.8. The number of halogens is 1. The van der Waals surface area contributed by atoms with Crippen LogP contribution in [-0.2, 0) is 11.4 Å². The summed E-state index contributed by atoms with van der Waals surface area (Å²) in [5.74, 6) is -0.766. The molecule has 0 heterocycles. The van der Waals surface area contributed by atoms with Crippen molar-refractivity contribution in [2.24, 2.45) is 5.92 Å². The van der Waals surface area contributed by atoms with E-state index in [1.165, 1.54) is 0 Å². The third kappa shape index (κ3) is 4.66. The quantitative estimate of drug-likeness (QED) is 0.778.